The fraction of sp³-hybridized carbons (Fsp3) is 0.235. The summed E-state index contributed by atoms with van der Waals surface area (Å²) in [5.74, 6) is 1.70. The topological polar surface area (TPSA) is 56.8 Å². The van der Waals surface area contributed by atoms with Crippen LogP contribution in [-0.4, -0.2) is 26.2 Å². The van der Waals surface area contributed by atoms with Gasteiger partial charge in [-0.15, -0.1) is 0 Å². The zero-order chi connectivity index (χ0) is 17.1. The van der Waals surface area contributed by atoms with Crippen LogP contribution in [0.5, 0.6) is 17.2 Å². The monoisotopic (exact) mass is 411 g/mol. The number of fused-ring (bicyclic) bond motifs is 1. The molecule has 0 spiro atoms. The van der Waals surface area contributed by atoms with E-state index in [1.165, 1.54) is 7.11 Å². The van der Waals surface area contributed by atoms with Crippen LogP contribution in [0.3, 0.4) is 0 Å². The largest absolute Gasteiger partial charge is 0.493 e. The lowest BCUT2D eigenvalue weighted by atomic mass is 10.1. The van der Waals surface area contributed by atoms with Crippen molar-refractivity contribution in [3.05, 3.63) is 45.4 Å². The summed E-state index contributed by atoms with van der Waals surface area (Å²) in [6.07, 6.45) is 0.198. The molecule has 3 rings (SSSR count). The van der Waals surface area contributed by atoms with Gasteiger partial charge in [-0.05, 0) is 45.8 Å². The third kappa shape index (κ3) is 3.76. The van der Waals surface area contributed by atoms with Crippen LogP contribution >= 0.6 is 27.5 Å². The Labute approximate surface area is 153 Å². The maximum absolute atomic E-state index is 12.3. The number of benzene rings is 2. The zero-order valence-corrected chi connectivity index (χ0v) is 15.2. The molecule has 2 aromatic carbocycles. The average molecular weight is 413 g/mol. The van der Waals surface area contributed by atoms with Gasteiger partial charge in [0, 0.05) is 5.02 Å². The quantitative estimate of drug-likeness (QED) is 0.823. The highest BCUT2D eigenvalue weighted by Crippen LogP contribution is 2.36. The molecule has 5 nitrogen and oxygen atoms in total. The minimum absolute atomic E-state index is 0.181. The van der Waals surface area contributed by atoms with Gasteiger partial charge in [-0.2, -0.15) is 0 Å². The van der Waals surface area contributed by atoms with Crippen molar-refractivity contribution in [3.63, 3.8) is 0 Å². The Morgan fingerprint density at radius 1 is 1.25 bits per heavy atom. The third-order valence-corrected chi connectivity index (χ3v) is 4.27. The number of amides is 1. The van der Waals surface area contributed by atoms with E-state index in [-0.39, 0.29) is 12.3 Å². The Kier molecular flexibility index (Phi) is 5.16. The van der Waals surface area contributed by atoms with Crippen molar-refractivity contribution in [1.82, 2.24) is 0 Å². The first-order chi connectivity index (χ1) is 11.6. The van der Waals surface area contributed by atoms with Gasteiger partial charge >= 0.3 is 0 Å². The van der Waals surface area contributed by atoms with Crippen molar-refractivity contribution in [2.75, 3.05) is 25.6 Å². The molecular formula is C17H15BrClNO4. The van der Waals surface area contributed by atoms with Crippen molar-refractivity contribution in [2.24, 2.45) is 0 Å². The number of carbonyl (C=O) groups excluding carboxylic acids is 1. The van der Waals surface area contributed by atoms with E-state index in [9.17, 15) is 4.79 Å². The Morgan fingerprint density at radius 2 is 2.00 bits per heavy atom. The van der Waals surface area contributed by atoms with Gasteiger partial charge in [-0.1, -0.05) is 17.7 Å². The predicted molar refractivity (Wildman–Crippen MR) is 95.5 cm³/mol. The molecule has 0 atom stereocenters. The third-order valence-electron chi connectivity index (χ3n) is 3.46. The van der Waals surface area contributed by atoms with E-state index in [1.807, 2.05) is 18.2 Å². The Hall–Kier alpha value is -1.92. The fourth-order valence-electron chi connectivity index (χ4n) is 2.44. The second kappa shape index (κ2) is 7.32. The number of methoxy groups -OCH3 is 1. The molecule has 0 fully saturated rings. The molecule has 0 saturated carbocycles. The molecule has 1 N–H and O–H groups in total. The van der Waals surface area contributed by atoms with Gasteiger partial charge in [0.15, 0.2) is 17.2 Å². The lowest BCUT2D eigenvalue weighted by molar-refractivity contribution is -0.115. The van der Waals surface area contributed by atoms with E-state index in [0.29, 0.717) is 45.6 Å². The van der Waals surface area contributed by atoms with Gasteiger partial charge in [0.25, 0.3) is 0 Å². The molecule has 1 heterocycles. The first-order valence-corrected chi connectivity index (χ1v) is 8.45. The van der Waals surface area contributed by atoms with E-state index in [1.54, 1.807) is 12.1 Å². The lowest BCUT2D eigenvalue weighted by Crippen LogP contribution is -2.17. The standard InChI is InChI=1S/C17H15BrClNO4/c1-22-17-12(18)8-11(19)9-13(17)20-16(21)7-10-2-3-14-15(6-10)24-5-4-23-14/h2-3,6,8-9H,4-5,7H2,1H3,(H,20,21). The summed E-state index contributed by atoms with van der Waals surface area (Å²) in [4.78, 5) is 12.3. The SMILES string of the molecule is COc1c(Br)cc(Cl)cc1NC(=O)Cc1ccc2c(c1)OCCO2. The van der Waals surface area contributed by atoms with Gasteiger partial charge in [0.05, 0.1) is 23.7 Å². The Balaban J connectivity index is 1.74. The van der Waals surface area contributed by atoms with Crippen LogP contribution in [0.2, 0.25) is 5.02 Å². The molecule has 7 heteroatoms. The van der Waals surface area contributed by atoms with Crippen molar-refractivity contribution in [2.45, 2.75) is 6.42 Å². The number of hydrogen-bond donors (Lipinski definition) is 1. The van der Waals surface area contributed by atoms with Crippen LogP contribution in [-0.2, 0) is 11.2 Å². The number of carbonyl (C=O) groups is 1. The van der Waals surface area contributed by atoms with Gasteiger partial charge < -0.3 is 19.5 Å². The normalized spacial score (nSPS) is 12.6. The molecule has 1 aliphatic heterocycles. The average Bonchev–Trinajstić information content (AvgIpc) is 2.54. The molecule has 1 aliphatic rings. The van der Waals surface area contributed by atoms with Crippen molar-refractivity contribution in [1.29, 1.82) is 0 Å². The molecule has 2 aromatic rings. The molecule has 0 bridgehead atoms. The molecule has 0 radical (unpaired) electrons. The van der Waals surface area contributed by atoms with E-state index in [4.69, 9.17) is 25.8 Å². The summed E-state index contributed by atoms with van der Waals surface area (Å²) >= 11 is 9.40. The first kappa shape index (κ1) is 16.9. The minimum Gasteiger partial charge on any atom is -0.493 e. The molecule has 0 saturated heterocycles. The molecule has 0 unspecified atom stereocenters. The Morgan fingerprint density at radius 3 is 2.75 bits per heavy atom. The lowest BCUT2D eigenvalue weighted by Gasteiger charge is -2.19. The summed E-state index contributed by atoms with van der Waals surface area (Å²) in [7, 11) is 1.53. The number of nitrogens with one attached hydrogen (secondary N) is 1. The van der Waals surface area contributed by atoms with Gasteiger partial charge in [0.1, 0.15) is 13.2 Å². The highest BCUT2D eigenvalue weighted by Gasteiger charge is 2.15. The molecule has 126 valence electrons. The molecule has 1 amide bonds. The summed E-state index contributed by atoms with van der Waals surface area (Å²) in [6, 6.07) is 8.83. The highest BCUT2D eigenvalue weighted by molar-refractivity contribution is 9.10. The van der Waals surface area contributed by atoms with Gasteiger partial charge in [-0.3, -0.25) is 4.79 Å². The van der Waals surface area contributed by atoms with E-state index in [0.717, 1.165) is 5.56 Å². The Bertz CT molecular complexity index is 781. The summed E-state index contributed by atoms with van der Waals surface area (Å²) in [6.45, 7) is 1.05. The fourth-order valence-corrected chi connectivity index (χ4v) is 3.41. The van der Waals surface area contributed by atoms with Crippen LogP contribution in [0.25, 0.3) is 0 Å². The van der Waals surface area contributed by atoms with Crippen LogP contribution in [0.4, 0.5) is 5.69 Å². The summed E-state index contributed by atoms with van der Waals surface area (Å²) in [5.41, 5.74) is 1.34. The maximum Gasteiger partial charge on any atom is 0.228 e. The van der Waals surface area contributed by atoms with Gasteiger partial charge in [-0.25, -0.2) is 0 Å². The first-order valence-electron chi connectivity index (χ1n) is 7.28. The highest BCUT2D eigenvalue weighted by atomic mass is 79.9. The number of anilines is 1. The van der Waals surface area contributed by atoms with Crippen LogP contribution in [0.15, 0.2) is 34.8 Å². The zero-order valence-electron chi connectivity index (χ0n) is 12.9. The second-order valence-electron chi connectivity index (χ2n) is 5.17. The molecule has 24 heavy (non-hydrogen) atoms. The van der Waals surface area contributed by atoms with Crippen LogP contribution in [0.1, 0.15) is 5.56 Å². The number of halogens is 2. The van der Waals surface area contributed by atoms with Crippen LogP contribution in [0, 0.1) is 0 Å². The van der Waals surface area contributed by atoms with Gasteiger partial charge in [0.2, 0.25) is 5.91 Å². The smallest absolute Gasteiger partial charge is 0.228 e. The van der Waals surface area contributed by atoms with Crippen molar-refractivity contribution < 1.29 is 19.0 Å². The predicted octanol–water partition coefficient (Wildman–Crippen LogP) is 4.06. The van der Waals surface area contributed by atoms with E-state index >= 15 is 0 Å². The van der Waals surface area contributed by atoms with Crippen LogP contribution < -0.4 is 19.5 Å². The summed E-state index contributed by atoms with van der Waals surface area (Å²) in [5, 5.41) is 3.32. The van der Waals surface area contributed by atoms with Crippen molar-refractivity contribution in [3.8, 4) is 17.2 Å². The van der Waals surface area contributed by atoms with E-state index < -0.39 is 0 Å². The molecular weight excluding hydrogens is 398 g/mol. The number of hydrogen-bond acceptors (Lipinski definition) is 4. The van der Waals surface area contributed by atoms with Crippen molar-refractivity contribution >= 4 is 39.1 Å². The number of ether oxygens (including phenoxy) is 3. The minimum atomic E-state index is -0.181. The summed E-state index contributed by atoms with van der Waals surface area (Å²) < 4.78 is 17.0. The molecule has 0 aliphatic carbocycles. The second-order valence-corrected chi connectivity index (χ2v) is 6.46. The number of rotatable bonds is 4. The molecule has 0 aromatic heterocycles. The maximum atomic E-state index is 12.3. The van der Waals surface area contributed by atoms with E-state index in [2.05, 4.69) is 21.2 Å².